The van der Waals surface area contributed by atoms with E-state index in [1.54, 1.807) is 17.8 Å². The van der Waals surface area contributed by atoms with Crippen LogP contribution in [0.1, 0.15) is 50.3 Å². The van der Waals surface area contributed by atoms with Crippen molar-refractivity contribution in [3.63, 3.8) is 0 Å². The van der Waals surface area contributed by atoms with Gasteiger partial charge in [-0.25, -0.2) is 14.8 Å². The van der Waals surface area contributed by atoms with Crippen LogP contribution in [0, 0.1) is 0 Å². The number of aromatic amines is 1. The van der Waals surface area contributed by atoms with Gasteiger partial charge in [0.25, 0.3) is 0 Å². The lowest BCUT2D eigenvalue weighted by molar-refractivity contribution is -0.0232. The molecule has 0 fully saturated rings. The Morgan fingerprint density at radius 1 is 1.06 bits per heavy atom. The van der Waals surface area contributed by atoms with Gasteiger partial charge >= 0.3 is 5.92 Å². The Kier molecular flexibility index (Phi) is 6.29. The normalized spacial score (nSPS) is 11.8. The van der Waals surface area contributed by atoms with Gasteiger partial charge in [-0.3, -0.25) is 4.98 Å². The molecule has 0 aliphatic carbocycles. The first kappa shape index (κ1) is 21.7. The molecule has 32 heavy (non-hydrogen) atoms. The van der Waals surface area contributed by atoms with Gasteiger partial charge < -0.3 is 0 Å². The molecule has 166 valence electrons. The summed E-state index contributed by atoms with van der Waals surface area (Å²) in [5.74, 6) is -2.34. The molecule has 0 spiro atoms. The highest BCUT2D eigenvalue weighted by atomic mass is 19.3. The van der Waals surface area contributed by atoms with Gasteiger partial charge in [0.1, 0.15) is 5.82 Å². The maximum atomic E-state index is 14.4. The van der Waals surface area contributed by atoms with Crippen LogP contribution in [0.2, 0.25) is 0 Å². The van der Waals surface area contributed by atoms with Crippen LogP contribution < -0.4 is 0 Å². The van der Waals surface area contributed by atoms with E-state index < -0.39 is 11.7 Å². The Morgan fingerprint density at radius 3 is 2.56 bits per heavy atom. The smallest absolute Gasteiger partial charge is 0.255 e. The molecule has 1 N–H and O–H groups in total. The van der Waals surface area contributed by atoms with Crippen molar-refractivity contribution >= 4 is 0 Å². The third-order valence-corrected chi connectivity index (χ3v) is 5.07. The molecule has 0 aliphatic rings. The van der Waals surface area contributed by atoms with Crippen molar-refractivity contribution in [3.8, 4) is 22.6 Å². The maximum absolute atomic E-state index is 14.4. The zero-order chi connectivity index (χ0) is 22.6. The average molecular weight is 438 g/mol. The first-order chi connectivity index (χ1) is 15.5. The molecule has 0 bridgehead atoms. The SMILES string of the molecule is CCCn1nc(C(F)(F)CCC)nc1Cc1ccc(-c2ncccc2-c2nnn[nH]2)cc1. The standard InChI is InChI=1S/C22H24F2N8/c1-3-11-22(23,24)21-26-18(32(29-21)13-4-2)14-15-7-9-16(10-8-15)19-17(6-5-12-25-19)20-27-30-31-28-20/h5-10,12H,3-4,11,13-14H2,1-2H3,(H,27,28,30,31). The lowest BCUT2D eigenvalue weighted by Crippen LogP contribution is -2.15. The van der Waals surface area contributed by atoms with E-state index >= 15 is 0 Å². The van der Waals surface area contributed by atoms with Crippen LogP contribution in [-0.4, -0.2) is 40.4 Å². The van der Waals surface area contributed by atoms with E-state index in [-0.39, 0.29) is 6.42 Å². The summed E-state index contributed by atoms with van der Waals surface area (Å²) in [5, 5.41) is 18.1. The fourth-order valence-corrected chi connectivity index (χ4v) is 3.54. The largest absolute Gasteiger partial charge is 0.308 e. The van der Waals surface area contributed by atoms with Crippen LogP contribution in [0.4, 0.5) is 8.78 Å². The predicted octanol–water partition coefficient (Wildman–Crippen LogP) is 4.41. The quantitative estimate of drug-likeness (QED) is 0.416. The number of halogens is 2. The van der Waals surface area contributed by atoms with Gasteiger partial charge in [0.05, 0.1) is 5.69 Å². The van der Waals surface area contributed by atoms with Crippen molar-refractivity contribution in [2.45, 2.75) is 52.0 Å². The maximum Gasteiger partial charge on any atom is 0.308 e. The van der Waals surface area contributed by atoms with Crippen molar-refractivity contribution in [3.05, 3.63) is 59.8 Å². The number of nitrogens with zero attached hydrogens (tertiary/aromatic N) is 7. The number of hydrogen-bond donors (Lipinski definition) is 1. The lowest BCUT2D eigenvalue weighted by atomic mass is 10.0. The van der Waals surface area contributed by atoms with Gasteiger partial charge in [-0.05, 0) is 41.0 Å². The zero-order valence-corrected chi connectivity index (χ0v) is 18.0. The molecule has 3 aromatic heterocycles. The van der Waals surface area contributed by atoms with E-state index in [1.807, 2.05) is 43.3 Å². The number of alkyl halides is 2. The van der Waals surface area contributed by atoms with Crippen LogP contribution in [0.3, 0.4) is 0 Å². The second-order valence-corrected chi connectivity index (χ2v) is 7.55. The summed E-state index contributed by atoms with van der Waals surface area (Å²) in [6.07, 6.45) is 3.02. The molecule has 3 heterocycles. The number of hydrogen-bond acceptors (Lipinski definition) is 6. The molecule has 0 atom stereocenters. The van der Waals surface area contributed by atoms with Crippen LogP contribution in [0.25, 0.3) is 22.6 Å². The minimum absolute atomic E-state index is 0.260. The van der Waals surface area contributed by atoms with E-state index in [2.05, 4.69) is 35.7 Å². The second-order valence-electron chi connectivity index (χ2n) is 7.55. The number of aryl methyl sites for hydroxylation is 1. The van der Waals surface area contributed by atoms with Crippen molar-refractivity contribution in [2.24, 2.45) is 0 Å². The number of aromatic nitrogens is 8. The van der Waals surface area contributed by atoms with Gasteiger partial charge in [-0.1, -0.05) is 38.1 Å². The molecular formula is C22H24F2N8. The van der Waals surface area contributed by atoms with Crippen molar-refractivity contribution in [1.29, 1.82) is 0 Å². The summed E-state index contributed by atoms with van der Waals surface area (Å²) >= 11 is 0. The van der Waals surface area contributed by atoms with Crippen molar-refractivity contribution in [2.75, 3.05) is 0 Å². The average Bonchev–Trinajstić information content (AvgIpc) is 3.46. The number of nitrogens with one attached hydrogen (secondary N) is 1. The third kappa shape index (κ3) is 4.53. The fraction of sp³-hybridized carbons (Fsp3) is 0.364. The summed E-state index contributed by atoms with van der Waals surface area (Å²) in [5.41, 5.74) is 3.37. The summed E-state index contributed by atoms with van der Waals surface area (Å²) < 4.78 is 30.3. The Hall–Kier alpha value is -3.56. The fourth-order valence-electron chi connectivity index (χ4n) is 3.54. The highest BCUT2D eigenvalue weighted by Crippen LogP contribution is 2.31. The highest BCUT2D eigenvalue weighted by Gasteiger charge is 2.36. The Balaban J connectivity index is 1.60. The van der Waals surface area contributed by atoms with Crippen LogP contribution in [0.5, 0.6) is 0 Å². The molecule has 8 nitrogen and oxygen atoms in total. The third-order valence-electron chi connectivity index (χ3n) is 5.07. The molecular weight excluding hydrogens is 414 g/mol. The number of H-pyrrole nitrogens is 1. The minimum Gasteiger partial charge on any atom is -0.255 e. The molecule has 0 amide bonds. The van der Waals surface area contributed by atoms with Crippen LogP contribution in [-0.2, 0) is 18.9 Å². The van der Waals surface area contributed by atoms with Gasteiger partial charge in [-0.15, -0.1) is 10.2 Å². The van der Waals surface area contributed by atoms with E-state index in [9.17, 15) is 8.78 Å². The molecule has 4 aromatic rings. The predicted molar refractivity (Wildman–Crippen MR) is 115 cm³/mol. The molecule has 0 saturated heterocycles. The van der Waals surface area contributed by atoms with E-state index in [4.69, 9.17) is 0 Å². The van der Waals surface area contributed by atoms with Gasteiger partial charge in [0.2, 0.25) is 5.82 Å². The van der Waals surface area contributed by atoms with E-state index in [0.717, 1.165) is 28.8 Å². The zero-order valence-electron chi connectivity index (χ0n) is 18.0. The first-order valence-electron chi connectivity index (χ1n) is 10.6. The Labute approximate surface area is 184 Å². The molecule has 0 aliphatic heterocycles. The summed E-state index contributed by atoms with van der Waals surface area (Å²) in [6.45, 7) is 4.26. The number of rotatable bonds is 9. The highest BCUT2D eigenvalue weighted by molar-refractivity contribution is 5.76. The molecule has 4 rings (SSSR count). The van der Waals surface area contributed by atoms with Gasteiger partial charge in [0.15, 0.2) is 5.82 Å². The second kappa shape index (κ2) is 9.29. The summed E-state index contributed by atoms with van der Waals surface area (Å²) in [4.78, 5) is 8.69. The van der Waals surface area contributed by atoms with Crippen LogP contribution >= 0.6 is 0 Å². The molecule has 0 unspecified atom stereocenters. The van der Waals surface area contributed by atoms with Crippen molar-refractivity contribution in [1.82, 2.24) is 40.4 Å². The first-order valence-corrected chi connectivity index (χ1v) is 10.6. The summed E-state index contributed by atoms with van der Waals surface area (Å²) in [6, 6.07) is 11.5. The van der Waals surface area contributed by atoms with E-state index in [0.29, 0.717) is 31.0 Å². The van der Waals surface area contributed by atoms with Crippen molar-refractivity contribution < 1.29 is 8.78 Å². The Morgan fingerprint density at radius 2 is 1.88 bits per heavy atom. The van der Waals surface area contributed by atoms with Gasteiger partial charge in [0, 0.05) is 36.7 Å². The lowest BCUT2D eigenvalue weighted by Gasteiger charge is -2.10. The molecule has 0 radical (unpaired) electrons. The van der Waals surface area contributed by atoms with E-state index in [1.165, 1.54) is 0 Å². The number of tetrazole rings is 1. The number of pyridine rings is 1. The topological polar surface area (TPSA) is 98.1 Å². The molecule has 0 saturated carbocycles. The molecule has 10 heteroatoms. The number of benzene rings is 1. The Bertz CT molecular complexity index is 1150. The van der Waals surface area contributed by atoms with Crippen LogP contribution in [0.15, 0.2) is 42.6 Å². The molecule has 1 aromatic carbocycles. The summed E-state index contributed by atoms with van der Waals surface area (Å²) in [7, 11) is 0. The minimum atomic E-state index is -3.02. The van der Waals surface area contributed by atoms with Gasteiger partial charge in [-0.2, -0.15) is 8.78 Å². The monoisotopic (exact) mass is 438 g/mol.